The van der Waals surface area contributed by atoms with E-state index in [1.807, 2.05) is 0 Å². The highest BCUT2D eigenvalue weighted by Crippen LogP contribution is 2.43. The quantitative estimate of drug-likeness (QED) is 0.673. The first-order valence-electron chi connectivity index (χ1n) is 5.15. The van der Waals surface area contributed by atoms with E-state index in [0.717, 1.165) is 24.3 Å². The van der Waals surface area contributed by atoms with Crippen molar-refractivity contribution in [2.24, 2.45) is 5.92 Å². The second-order valence-electron chi connectivity index (χ2n) is 4.12. The summed E-state index contributed by atoms with van der Waals surface area (Å²) >= 11 is 0. The molecular formula is C12H14F2. The smallest absolute Gasteiger partial charge is 0.159 e. The van der Waals surface area contributed by atoms with Crippen LogP contribution in [0.15, 0.2) is 18.2 Å². The molecule has 0 spiro atoms. The maximum Gasteiger partial charge on any atom is 0.159 e. The van der Waals surface area contributed by atoms with Crippen LogP contribution >= 0.6 is 0 Å². The molecule has 1 saturated carbocycles. The first-order valence-corrected chi connectivity index (χ1v) is 5.15. The molecule has 0 unspecified atom stereocenters. The van der Waals surface area contributed by atoms with Crippen molar-refractivity contribution in [2.45, 2.75) is 32.1 Å². The molecule has 0 radical (unpaired) electrons. The highest BCUT2D eigenvalue weighted by molar-refractivity contribution is 5.23. The fraction of sp³-hybridized carbons (Fsp3) is 0.500. The van der Waals surface area contributed by atoms with E-state index in [9.17, 15) is 8.78 Å². The maximum absolute atomic E-state index is 12.9. The Kier molecular flexibility index (Phi) is 2.53. The van der Waals surface area contributed by atoms with Crippen LogP contribution < -0.4 is 0 Å². The lowest BCUT2D eigenvalue weighted by Crippen LogP contribution is -2.21. The van der Waals surface area contributed by atoms with Crippen molar-refractivity contribution in [3.63, 3.8) is 0 Å². The molecule has 0 nitrogen and oxygen atoms in total. The van der Waals surface area contributed by atoms with E-state index in [1.54, 1.807) is 6.07 Å². The highest BCUT2D eigenvalue weighted by atomic mass is 19.2. The first-order chi connectivity index (χ1) is 6.70. The minimum absolute atomic E-state index is 0.454. The molecule has 76 valence electrons. The van der Waals surface area contributed by atoms with Gasteiger partial charge in [-0.15, -0.1) is 0 Å². The van der Waals surface area contributed by atoms with Gasteiger partial charge in [0.1, 0.15) is 0 Å². The zero-order valence-corrected chi connectivity index (χ0v) is 8.26. The fourth-order valence-corrected chi connectivity index (χ4v) is 2.11. The van der Waals surface area contributed by atoms with Crippen LogP contribution in [0.5, 0.6) is 0 Å². The Morgan fingerprint density at radius 3 is 2.50 bits per heavy atom. The van der Waals surface area contributed by atoms with E-state index in [2.05, 4.69) is 6.92 Å². The standard InChI is InChI=1S/C12H14F2/c1-2-8-5-10(6-8)9-3-4-11(13)12(14)7-9/h3-4,7-8,10H,2,5-6H2,1H3. The molecule has 0 amide bonds. The lowest BCUT2D eigenvalue weighted by atomic mass is 9.70. The topological polar surface area (TPSA) is 0 Å². The Morgan fingerprint density at radius 1 is 1.21 bits per heavy atom. The van der Waals surface area contributed by atoms with Crippen LogP contribution in [0.4, 0.5) is 8.78 Å². The van der Waals surface area contributed by atoms with Gasteiger partial charge in [0.2, 0.25) is 0 Å². The Balaban J connectivity index is 2.08. The zero-order chi connectivity index (χ0) is 10.1. The first kappa shape index (κ1) is 9.63. The van der Waals surface area contributed by atoms with E-state index in [0.29, 0.717) is 5.92 Å². The largest absolute Gasteiger partial charge is 0.204 e. The van der Waals surface area contributed by atoms with E-state index < -0.39 is 11.6 Å². The van der Waals surface area contributed by atoms with E-state index in [1.165, 1.54) is 18.6 Å². The Morgan fingerprint density at radius 2 is 1.93 bits per heavy atom. The lowest BCUT2D eigenvalue weighted by molar-refractivity contribution is 0.255. The summed E-state index contributed by atoms with van der Waals surface area (Å²) in [7, 11) is 0. The number of hydrogen-bond acceptors (Lipinski definition) is 0. The van der Waals surface area contributed by atoms with Crippen molar-refractivity contribution in [1.82, 2.24) is 0 Å². The molecule has 0 saturated heterocycles. The summed E-state index contributed by atoms with van der Waals surface area (Å²) < 4.78 is 25.6. The molecular weight excluding hydrogens is 182 g/mol. The molecule has 1 aliphatic carbocycles. The summed E-state index contributed by atoms with van der Waals surface area (Å²) in [4.78, 5) is 0. The lowest BCUT2D eigenvalue weighted by Gasteiger charge is -2.35. The van der Waals surface area contributed by atoms with E-state index >= 15 is 0 Å². The predicted octanol–water partition coefficient (Wildman–Crippen LogP) is 3.87. The molecule has 1 aromatic carbocycles. The third kappa shape index (κ3) is 1.66. The third-order valence-electron chi connectivity index (χ3n) is 3.23. The Bertz CT molecular complexity index is 327. The molecule has 0 heterocycles. The SMILES string of the molecule is CCC1CC(c2ccc(F)c(F)c2)C1. The highest BCUT2D eigenvalue weighted by Gasteiger charge is 2.29. The average molecular weight is 196 g/mol. The molecule has 2 rings (SSSR count). The number of hydrogen-bond donors (Lipinski definition) is 0. The third-order valence-corrected chi connectivity index (χ3v) is 3.23. The second kappa shape index (κ2) is 3.68. The number of halogens is 2. The van der Waals surface area contributed by atoms with Gasteiger partial charge in [0.25, 0.3) is 0 Å². The van der Waals surface area contributed by atoms with Crippen molar-refractivity contribution < 1.29 is 8.78 Å². The van der Waals surface area contributed by atoms with Gasteiger partial charge in [-0.2, -0.15) is 0 Å². The van der Waals surface area contributed by atoms with Crippen molar-refractivity contribution in [3.05, 3.63) is 35.4 Å². The van der Waals surface area contributed by atoms with Crippen molar-refractivity contribution in [1.29, 1.82) is 0 Å². The zero-order valence-electron chi connectivity index (χ0n) is 8.26. The fourth-order valence-electron chi connectivity index (χ4n) is 2.11. The molecule has 1 aliphatic rings. The van der Waals surface area contributed by atoms with Crippen LogP contribution in [0.3, 0.4) is 0 Å². The van der Waals surface area contributed by atoms with Crippen LogP contribution in [0, 0.1) is 17.6 Å². The van der Waals surface area contributed by atoms with Gasteiger partial charge in [0, 0.05) is 0 Å². The molecule has 1 fully saturated rings. The van der Waals surface area contributed by atoms with Gasteiger partial charge in [0.05, 0.1) is 0 Å². The maximum atomic E-state index is 12.9. The Hall–Kier alpha value is -0.920. The molecule has 0 atom stereocenters. The minimum atomic E-state index is -0.750. The summed E-state index contributed by atoms with van der Waals surface area (Å²) in [6, 6.07) is 4.27. The summed E-state index contributed by atoms with van der Waals surface area (Å²) in [6.45, 7) is 2.17. The summed E-state index contributed by atoms with van der Waals surface area (Å²) in [5.41, 5.74) is 0.952. The van der Waals surface area contributed by atoms with Crippen LogP contribution in [-0.4, -0.2) is 0 Å². The van der Waals surface area contributed by atoms with Crippen LogP contribution in [-0.2, 0) is 0 Å². The van der Waals surface area contributed by atoms with Crippen LogP contribution in [0.2, 0.25) is 0 Å². The average Bonchev–Trinajstić information content (AvgIpc) is 2.09. The minimum Gasteiger partial charge on any atom is -0.204 e. The van der Waals surface area contributed by atoms with Crippen molar-refractivity contribution in [3.8, 4) is 0 Å². The van der Waals surface area contributed by atoms with Gasteiger partial charge in [-0.25, -0.2) is 8.78 Å². The van der Waals surface area contributed by atoms with Gasteiger partial charge in [-0.05, 0) is 42.4 Å². The predicted molar refractivity (Wildman–Crippen MR) is 52.1 cm³/mol. The normalized spacial score (nSPS) is 25.9. The summed E-state index contributed by atoms with van der Waals surface area (Å²) in [5, 5.41) is 0. The molecule has 0 bridgehead atoms. The van der Waals surface area contributed by atoms with Gasteiger partial charge < -0.3 is 0 Å². The second-order valence-corrected chi connectivity index (χ2v) is 4.12. The van der Waals surface area contributed by atoms with E-state index in [-0.39, 0.29) is 0 Å². The molecule has 1 aromatic rings. The summed E-state index contributed by atoms with van der Waals surface area (Å²) in [5.74, 6) is -0.231. The monoisotopic (exact) mass is 196 g/mol. The van der Waals surface area contributed by atoms with Crippen LogP contribution in [0.25, 0.3) is 0 Å². The van der Waals surface area contributed by atoms with Gasteiger partial charge >= 0.3 is 0 Å². The molecule has 0 N–H and O–H groups in total. The Labute approximate surface area is 82.9 Å². The van der Waals surface area contributed by atoms with Crippen molar-refractivity contribution >= 4 is 0 Å². The van der Waals surface area contributed by atoms with Crippen LogP contribution in [0.1, 0.15) is 37.7 Å². The van der Waals surface area contributed by atoms with E-state index in [4.69, 9.17) is 0 Å². The number of benzene rings is 1. The van der Waals surface area contributed by atoms with Gasteiger partial charge in [0.15, 0.2) is 11.6 Å². The molecule has 0 aliphatic heterocycles. The van der Waals surface area contributed by atoms with Gasteiger partial charge in [-0.3, -0.25) is 0 Å². The number of rotatable bonds is 2. The summed E-state index contributed by atoms with van der Waals surface area (Å²) in [6.07, 6.45) is 3.45. The molecule has 2 heteroatoms. The van der Waals surface area contributed by atoms with Gasteiger partial charge in [-0.1, -0.05) is 19.4 Å². The molecule has 0 aromatic heterocycles. The van der Waals surface area contributed by atoms with Crippen molar-refractivity contribution in [2.75, 3.05) is 0 Å². The molecule has 14 heavy (non-hydrogen) atoms.